The Kier molecular flexibility index (Phi) is 5.05. The van der Waals surface area contributed by atoms with Gasteiger partial charge in [0.2, 0.25) is 5.91 Å². The first-order chi connectivity index (χ1) is 12.7. The maximum Gasteiger partial charge on any atom is 0.240 e. The van der Waals surface area contributed by atoms with Crippen molar-refractivity contribution in [3.05, 3.63) is 71.8 Å². The van der Waals surface area contributed by atoms with Gasteiger partial charge in [0.15, 0.2) is 0 Å². The molecular weight excluding hydrogens is 324 g/mol. The van der Waals surface area contributed by atoms with E-state index in [2.05, 4.69) is 58.7 Å². The van der Waals surface area contributed by atoms with Gasteiger partial charge >= 0.3 is 0 Å². The van der Waals surface area contributed by atoms with Crippen molar-refractivity contribution in [3.8, 4) is 0 Å². The number of amides is 1. The molecule has 4 rings (SSSR count). The van der Waals surface area contributed by atoms with Crippen LogP contribution in [0.2, 0.25) is 0 Å². The van der Waals surface area contributed by atoms with Crippen LogP contribution in [-0.4, -0.2) is 47.2 Å². The third kappa shape index (κ3) is 3.39. The van der Waals surface area contributed by atoms with E-state index in [-0.39, 0.29) is 23.9 Å². The van der Waals surface area contributed by atoms with Gasteiger partial charge < -0.3 is 15.3 Å². The van der Waals surface area contributed by atoms with Crippen LogP contribution >= 0.6 is 0 Å². The molecular formula is C22H26N2O2. The zero-order chi connectivity index (χ0) is 17.9. The Bertz CT molecular complexity index is 695. The first kappa shape index (κ1) is 17.3. The van der Waals surface area contributed by atoms with Crippen molar-refractivity contribution in [2.45, 2.75) is 43.4 Å². The molecule has 0 radical (unpaired) electrons. The zero-order valence-electron chi connectivity index (χ0n) is 14.9. The SMILES string of the molecule is O=C([C@@H]1CC(O)CN1)N1CCC[C@H]1C(c1ccccc1)c1ccccc1. The molecule has 0 aliphatic carbocycles. The van der Waals surface area contributed by atoms with Crippen molar-refractivity contribution >= 4 is 5.91 Å². The first-order valence-corrected chi connectivity index (χ1v) is 9.56. The molecule has 2 aromatic rings. The van der Waals surface area contributed by atoms with E-state index < -0.39 is 6.10 Å². The van der Waals surface area contributed by atoms with Gasteiger partial charge in [-0.2, -0.15) is 0 Å². The van der Waals surface area contributed by atoms with Crippen molar-refractivity contribution in [3.63, 3.8) is 0 Å². The zero-order valence-corrected chi connectivity index (χ0v) is 14.9. The summed E-state index contributed by atoms with van der Waals surface area (Å²) in [5.74, 6) is 0.316. The fourth-order valence-electron chi connectivity index (χ4n) is 4.48. The number of benzene rings is 2. The van der Waals surface area contributed by atoms with Crippen LogP contribution in [-0.2, 0) is 4.79 Å². The maximum atomic E-state index is 13.1. The van der Waals surface area contributed by atoms with Gasteiger partial charge in [-0.05, 0) is 30.4 Å². The number of β-amino-alcohol motifs (C(OH)–C–C–N with tert-alkyl or cyclic N) is 1. The summed E-state index contributed by atoms with van der Waals surface area (Å²) in [4.78, 5) is 15.2. The van der Waals surface area contributed by atoms with Crippen LogP contribution < -0.4 is 5.32 Å². The van der Waals surface area contributed by atoms with Crippen LogP contribution in [0.1, 0.15) is 36.3 Å². The number of hydrogen-bond donors (Lipinski definition) is 2. The summed E-state index contributed by atoms with van der Waals surface area (Å²) in [5.41, 5.74) is 2.51. The van der Waals surface area contributed by atoms with Gasteiger partial charge in [-0.15, -0.1) is 0 Å². The van der Waals surface area contributed by atoms with E-state index in [4.69, 9.17) is 0 Å². The molecule has 2 aliphatic rings. The van der Waals surface area contributed by atoms with Crippen LogP contribution in [0, 0.1) is 0 Å². The first-order valence-electron chi connectivity index (χ1n) is 9.56. The van der Waals surface area contributed by atoms with Gasteiger partial charge in [0.1, 0.15) is 0 Å². The van der Waals surface area contributed by atoms with Gasteiger partial charge in [0.25, 0.3) is 0 Å². The fraction of sp³-hybridized carbons (Fsp3) is 0.409. The lowest BCUT2D eigenvalue weighted by Crippen LogP contribution is -2.47. The Morgan fingerprint density at radius 1 is 1.04 bits per heavy atom. The van der Waals surface area contributed by atoms with Gasteiger partial charge in [-0.1, -0.05) is 60.7 Å². The molecule has 2 heterocycles. The second-order valence-corrected chi connectivity index (χ2v) is 7.39. The predicted molar refractivity (Wildman–Crippen MR) is 102 cm³/mol. The number of carbonyl (C=O) groups is 1. The summed E-state index contributed by atoms with van der Waals surface area (Å²) in [6.45, 7) is 1.31. The second kappa shape index (κ2) is 7.60. The highest BCUT2D eigenvalue weighted by atomic mass is 16.3. The van der Waals surface area contributed by atoms with Crippen LogP contribution in [0.5, 0.6) is 0 Å². The molecule has 0 saturated carbocycles. The molecule has 0 bridgehead atoms. The summed E-state index contributed by atoms with van der Waals surface area (Å²) in [6, 6.07) is 20.9. The third-order valence-corrected chi connectivity index (χ3v) is 5.69. The molecule has 1 unspecified atom stereocenters. The predicted octanol–water partition coefficient (Wildman–Crippen LogP) is 2.53. The van der Waals surface area contributed by atoms with E-state index >= 15 is 0 Å². The minimum atomic E-state index is -0.413. The number of aliphatic hydroxyl groups excluding tert-OH is 1. The highest BCUT2D eigenvalue weighted by Gasteiger charge is 2.40. The lowest BCUT2D eigenvalue weighted by Gasteiger charge is -2.34. The molecule has 4 heteroatoms. The molecule has 2 aromatic carbocycles. The van der Waals surface area contributed by atoms with Crippen LogP contribution in [0.3, 0.4) is 0 Å². The number of carbonyl (C=O) groups excluding carboxylic acids is 1. The Balaban J connectivity index is 1.65. The van der Waals surface area contributed by atoms with Gasteiger partial charge in [-0.25, -0.2) is 0 Å². The lowest BCUT2D eigenvalue weighted by molar-refractivity contribution is -0.134. The molecule has 1 amide bonds. The standard InChI is InChI=1S/C22H26N2O2/c25-18-14-19(23-15-18)22(26)24-13-7-12-20(24)21(16-8-3-1-4-9-16)17-10-5-2-6-11-17/h1-6,8-11,18-21,23,25H,7,12-15H2/t18?,19-,20-/m0/s1. The van der Waals surface area contributed by atoms with E-state index in [0.29, 0.717) is 13.0 Å². The van der Waals surface area contributed by atoms with E-state index in [1.54, 1.807) is 0 Å². The van der Waals surface area contributed by atoms with Crippen molar-refractivity contribution in [1.82, 2.24) is 10.2 Å². The molecule has 2 fully saturated rings. The number of nitrogens with zero attached hydrogens (tertiary/aromatic N) is 1. The van der Waals surface area contributed by atoms with Crippen molar-refractivity contribution < 1.29 is 9.90 Å². The van der Waals surface area contributed by atoms with Crippen molar-refractivity contribution in [2.24, 2.45) is 0 Å². The summed E-state index contributed by atoms with van der Waals surface area (Å²) < 4.78 is 0. The minimum Gasteiger partial charge on any atom is -0.392 e. The summed E-state index contributed by atoms with van der Waals surface area (Å²) in [7, 11) is 0. The Morgan fingerprint density at radius 2 is 1.65 bits per heavy atom. The van der Waals surface area contributed by atoms with Gasteiger partial charge in [-0.3, -0.25) is 4.79 Å². The average molecular weight is 350 g/mol. The molecule has 2 N–H and O–H groups in total. The van der Waals surface area contributed by atoms with Crippen LogP contribution in [0.4, 0.5) is 0 Å². The lowest BCUT2D eigenvalue weighted by atomic mass is 9.83. The maximum absolute atomic E-state index is 13.1. The van der Waals surface area contributed by atoms with Gasteiger partial charge in [0.05, 0.1) is 12.1 Å². The van der Waals surface area contributed by atoms with E-state index in [0.717, 1.165) is 19.4 Å². The molecule has 26 heavy (non-hydrogen) atoms. The second-order valence-electron chi connectivity index (χ2n) is 7.39. The molecule has 136 valence electrons. The van der Waals surface area contributed by atoms with E-state index in [9.17, 15) is 9.90 Å². The van der Waals surface area contributed by atoms with E-state index in [1.165, 1.54) is 11.1 Å². The smallest absolute Gasteiger partial charge is 0.240 e. The molecule has 2 saturated heterocycles. The normalized spacial score (nSPS) is 25.8. The number of rotatable bonds is 4. The van der Waals surface area contributed by atoms with Gasteiger partial charge in [0, 0.05) is 25.0 Å². The highest BCUT2D eigenvalue weighted by molar-refractivity contribution is 5.83. The summed E-state index contributed by atoms with van der Waals surface area (Å²) >= 11 is 0. The summed E-state index contributed by atoms with van der Waals surface area (Å²) in [5, 5.41) is 13.0. The number of hydrogen-bond acceptors (Lipinski definition) is 3. The van der Waals surface area contributed by atoms with Crippen LogP contribution in [0.25, 0.3) is 0 Å². The quantitative estimate of drug-likeness (QED) is 0.891. The Morgan fingerprint density at radius 3 is 2.19 bits per heavy atom. The molecule has 4 nitrogen and oxygen atoms in total. The number of likely N-dealkylation sites (tertiary alicyclic amines) is 1. The van der Waals surface area contributed by atoms with Crippen molar-refractivity contribution in [1.29, 1.82) is 0 Å². The molecule has 0 aromatic heterocycles. The van der Waals surface area contributed by atoms with E-state index in [1.807, 2.05) is 12.1 Å². The topological polar surface area (TPSA) is 52.6 Å². The monoisotopic (exact) mass is 350 g/mol. The highest BCUT2D eigenvalue weighted by Crippen LogP contribution is 2.37. The Hall–Kier alpha value is -2.17. The van der Waals surface area contributed by atoms with Crippen molar-refractivity contribution in [2.75, 3.05) is 13.1 Å². The minimum absolute atomic E-state index is 0.140. The third-order valence-electron chi connectivity index (χ3n) is 5.69. The molecule has 0 spiro atoms. The molecule has 3 atom stereocenters. The summed E-state index contributed by atoms with van der Waals surface area (Å²) in [6.07, 6.45) is 2.14. The van der Waals surface area contributed by atoms with Crippen LogP contribution in [0.15, 0.2) is 60.7 Å². The number of nitrogens with one attached hydrogen (secondary N) is 1. The number of aliphatic hydroxyl groups is 1. The fourth-order valence-corrected chi connectivity index (χ4v) is 4.48. The average Bonchev–Trinajstić information content (AvgIpc) is 3.33. The molecule has 2 aliphatic heterocycles. The Labute approximate surface area is 154 Å². The largest absolute Gasteiger partial charge is 0.392 e.